The number of fused-ring (bicyclic) bond motifs is 3. The van der Waals surface area contributed by atoms with Crippen LogP contribution in [0.5, 0.6) is 0 Å². The highest BCUT2D eigenvalue weighted by atomic mass is 16.2. The summed E-state index contributed by atoms with van der Waals surface area (Å²) in [6.07, 6.45) is 0. The SMILES string of the molecule is Cc1ccc2c(c1C)N1CCNCC1C(=O)N2C. The number of aryl methyl sites for hydroxylation is 1. The van der Waals surface area contributed by atoms with Crippen molar-refractivity contribution in [3.63, 3.8) is 0 Å². The van der Waals surface area contributed by atoms with Gasteiger partial charge in [-0.05, 0) is 31.0 Å². The van der Waals surface area contributed by atoms with Gasteiger partial charge in [-0.2, -0.15) is 0 Å². The van der Waals surface area contributed by atoms with E-state index in [1.165, 1.54) is 16.8 Å². The van der Waals surface area contributed by atoms with Crippen molar-refractivity contribution >= 4 is 17.3 Å². The van der Waals surface area contributed by atoms with Gasteiger partial charge in [0.15, 0.2) is 0 Å². The smallest absolute Gasteiger partial charge is 0.250 e. The van der Waals surface area contributed by atoms with Crippen LogP contribution in [0.4, 0.5) is 11.4 Å². The molecular formula is C14H19N3O. The van der Waals surface area contributed by atoms with Crippen LogP contribution in [0.3, 0.4) is 0 Å². The molecule has 2 aliphatic rings. The summed E-state index contributed by atoms with van der Waals surface area (Å²) >= 11 is 0. The van der Waals surface area contributed by atoms with E-state index in [2.05, 4.69) is 36.2 Å². The predicted octanol–water partition coefficient (Wildman–Crippen LogP) is 1.06. The maximum Gasteiger partial charge on any atom is 0.250 e. The second-order valence-electron chi connectivity index (χ2n) is 5.19. The fourth-order valence-corrected chi connectivity index (χ4v) is 2.95. The van der Waals surface area contributed by atoms with Crippen molar-refractivity contribution in [3.8, 4) is 0 Å². The summed E-state index contributed by atoms with van der Waals surface area (Å²) in [5.41, 5.74) is 4.86. The van der Waals surface area contributed by atoms with E-state index >= 15 is 0 Å². The number of carbonyl (C=O) groups is 1. The molecule has 96 valence electrons. The minimum Gasteiger partial charge on any atom is -0.355 e. The molecule has 4 heteroatoms. The van der Waals surface area contributed by atoms with Crippen LogP contribution in [0.1, 0.15) is 11.1 Å². The Morgan fingerprint density at radius 3 is 2.89 bits per heavy atom. The molecule has 0 saturated carbocycles. The lowest BCUT2D eigenvalue weighted by Crippen LogP contribution is -2.61. The summed E-state index contributed by atoms with van der Waals surface area (Å²) in [7, 11) is 1.88. The van der Waals surface area contributed by atoms with Crippen molar-refractivity contribution < 1.29 is 4.79 Å². The summed E-state index contributed by atoms with van der Waals surface area (Å²) in [4.78, 5) is 16.4. The Balaban J connectivity index is 2.19. The zero-order valence-corrected chi connectivity index (χ0v) is 11.2. The molecule has 4 nitrogen and oxygen atoms in total. The molecule has 3 rings (SSSR count). The number of anilines is 2. The lowest BCUT2D eigenvalue weighted by molar-refractivity contribution is -0.120. The Labute approximate surface area is 108 Å². The van der Waals surface area contributed by atoms with Crippen LogP contribution < -0.4 is 15.1 Å². The second-order valence-corrected chi connectivity index (χ2v) is 5.19. The van der Waals surface area contributed by atoms with E-state index in [1.54, 1.807) is 4.90 Å². The van der Waals surface area contributed by atoms with Crippen molar-refractivity contribution in [2.45, 2.75) is 19.9 Å². The van der Waals surface area contributed by atoms with Gasteiger partial charge in [-0.15, -0.1) is 0 Å². The predicted molar refractivity (Wildman–Crippen MR) is 73.3 cm³/mol. The number of hydrogen-bond acceptors (Lipinski definition) is 3. The molecule has 1 aromatic carbocycles. The van der Waals surface area contributed by atoms with Gasteiger partial charge in [0.1, 0.15) is 6.04 Å². The van der Waals surface area contributed by atoms with E-state index in [0.29, 0.717) is 0 Å². The number of benzene rings is 1. The Kier molecular flexibility index (Phi) is 2.55. The number of hydrogen-bond donors (Lipinski definition) is 1. The van der Waals surface area contributed by atoms with E-state index in [4.69, 9.17) is 0 Å². The second kappa shape index (κ2) is 3.99. The molecule has 2 aliphatic heterocycles. The zero-order valence-electron chi connectivity index (χ0n) is 11.2. The lowest BCUT2D eigenvalue weighted by atomic mass is 9.98. The largest absolute Gasteiger partial charge is 0.355 e. The molecule has 1 saturated heterocycles. The van der Waals surface area contributed by atoms with E-state index in [0.717, 1.165) is 25.3 Å². The third-order valence-electron chi connectivity index (χ3n) is 4.19. The van der Waals surface area contributed by atoms with Gasteiger partial charge in [0, 0.05) is 26.7 Å². The molecular weight excluding hydrogens is 226 g/mol. The van der Waals surface area contributed by atoms with E-state index in [1.807, 2.05) is 7.05 Å². The number of likely N-dealkylation sites (N-methyl/N-ethyl adjacent to an activating group) is 1. The van der Waals surface area contributed by atoms with Crippen LogP contribution in [-0.2, 0) is 4.79 Å². The van der Waals surface area contributed by atoms with Crippen molar-refractivity contribution in [2.24, 2.45) is 0 Å². The number of carbonyl (C=O) groups excluding carboxylic acids is 1. The minimum absolute atomic E-state index is 0.0447. The van der Waals surface area contributed by atoms with E-state index < -0.39 is 0 Å². The van der Waals surface area contributed by atoms with Crippen LogP contribution >= 0.6 is 0 Å². The van der Waals surface area contributed by atoms with Crippen LogP contribution in [0.15, 0.2) is 12.1 Å². The summed E-state index contributed by atoms with van der Waals surface area (Å²) in [5.74, 6) is 0.193. The first-order chi connectivity index (χ1) is 8.61. The molecule has 1 atom stereocenters. The van der Waals surface area contributed by atoms with Crippen molar-refractivity contribution in [1.82, 2.24) is 5.32 Å². The summed E-state index contributed by atoms with van der Waals surface area (Å²) in [6.45, 7) is 6.87. The van der Waals surface area contributed by atoms with Gasteiger partial charge in [0.25, 0.3) is 5.91 Å². The van der Waals surface area contributed by atoms with Gasteiger partial charge in [-0.1, -0.05) is 6.07 Å². The van der Waals surface area contributed by atoms with Crippen LogP contribution in [0.2, 0.25) is 0 Å². The average molecular weight is 245 g/mol. The maximum absolute atomic E-state index is 12.4. The van der Waals surface area contributed by atoms with E-state index in [9.17, 15) is 4.79 Å². The molecule has 0 spiro atoms. The lowest BCUT2D eigenvalue weighted by Gasteiger charge is -2.45. The number of piperazine rings is 1. The van der Waals surface area contributed by atoms with Crippen LogP contribution in [0, 0.1) is 13.8 Å². The van der Waals surface area contributed by atoms with Crippen LogP contribution in [0.25, 0.3) is 0 Å². The zero-order chi connectivity index (χ0) is 12.9. The molecule has 2 heterocycles. The highest BCUT2D eigenvalue weighted by Gasteiger charge is 2.38. The van der Waals surface area contributed by atoms with Gasteiger partial charge in [-0.25, -0.2) is 0 Å². The van der Waals surface area contributed by atoms with Crippen LogP contribution in [-0.4, -0.2) is 38.6 Å². The molecule has 1 aromatic rings. The standard InChI is InChI=1S/C14H19N3O/c1-9-4-5-11-13(10(9)2)17-7-6-15-8-12(17)14(18)16(11)3/h4-5,12,15H,6-8H2,1-3H3. The number of nitrogens with one attached hydrogen (secondary N) is 1. The fourth-order valence-electron chi connectivity index (χ4n) is 2.95. The summed E-state index contributed by atoms with van der Waals surface area (Å²) in [6, 6.07) is 4.12. The summed E-state index contributed by atoms with van der Waals surface area (Å²) in [5, 5.41) is 3.31. The fraction of sp³-hybridized carbons (Fsp3) is 0.500. The molecule has 1 fully saturated rings. The topological polar surface area (TPSA) is 35.6 Å². The van der Waals surface area contributed by atoms with Crippen molar-refractivity contribution in [3.05, 3.63) is 23.3 Å². The minimum atomic E-state index is -0.0447. The molecule has 1 amide bonds. The number of amides is 1. The summed E-state index contributed by atoms with van der Waals surface area (Å²) < 4.78 is 0. The quantitative estimate of drug-likeness (QED) is 0.742. The normalized spacial score (nSPS) is 22.8. The third kappa shape index (κ3) is 1.45. The monoisotopic (exact) mass is 245 g/mol. The molecule has 18 heavy (non-hydrogen) atoms. The maximum atomic E-state index is 12.4. The molecule has 1 unspecified atom stereocenters. The molecule has 1 N–H and O–H groups in total. The highest BCUT2D eigenvalue weighted by Crippen LogP contribution is 2.39. The number of nitrogens with zero attached hydrogens (tertiary/aromatic N) is 2. The highest BCUT2D eigenvalue weighted by molar-refractivity contribution is 6.06. The first-order valence-electron chi connectivity index (χ1n) is 6.46. The number of rotatable bonds is 0. The van der Waals surface area contributed by atoms with E-state index in [-0.39, 0.29) is 11.9 Å². The average Bonchev–Trinajstić information content (AvgIpc) is 2.39. The molecule has 0 aromatic heterocycles. The third-order valence-corrected chi connectivity index (χ3v) is 4.19. The Bertz CT molecular complexity index is 512. The van der Waals surface area contributed by atoms with Crippen molar-refractivity contribution in [1.29, 1.82) is 0 Å². The molecule has 0 radical (unpaired) electrons. The Hall–Kier alpha value is -1.55. The van der Waals surface area contributed by atoms with Gasteiger partial charge < -0.3 is 15.1 Å². The van der Waals surface area contributed by atoms with Gasteiger partial charge in [0.05, 0.1) is 11.4 Å². The first kappa shape index (κ1) is 11.5. The molecule has 0 aliphatic carbocycles. The van der Waals surface area contributed by atoms with Crippen molar-refractivity contribution in [2.75, 3.05) is 36.5 Å². The molecule has 0 bridgehead atoms. The first-order valence-corrected chi connectivity index (χ1v) is 6.46. The van der Waals surface area contributed by atoms with Gasteiger partial charge >= 0.3 is 0 Å². The Morgan fingerprint density at radius 2 is 2.11 bits per heavy atom. The Morgan fingerprint density at radius 1 is 1.33 bits per heavy atom. The van der Waals surface area contributed by atoms with Gasteiger partial charge in [-0.3, -0.25) is 4.79 Å². The van der Waals surface area contributed by atoms with Gasteiger partial charge in [0.2, 0.25) is 0 Å².